The molecule has 0 amide bonds. The molecule has 2 heterocycles. The van der Waals surface area contributed by atoms with Gasteiger partial charge in [0.2, 0.25) is 0 Å². The van der Waals surface area contributed by atoms with Crippen LogP contribution in [-0.2, 0) is 6.42 Å². The van der Waals surface area contributed by atoms with Crippen LogP contribution < -0.4 is 5.32 Å². The van der Waals surface area contributed by atoms with E-state index in [-0.39, 0.29) is 24.0 Å². The number of hydrogen-bond acceptors (Lipinski definition) is 2. The Morgan fingerprint density at radius 1 is 1.15 bits per heavy atom. The predicted molar refractivity (Wildman–Crippen MR) is 122 cm³/mol. The first-order valence-corrected chi connectivity index (χ1v) is 10.1. The molecule has 0 aromatic heterocycles. The first kappa shape index (κ1) is 21.5. The smallest absolute Gasteiger partial charge is 0.193 e. The second kappa shape index (κ2) is 11.1. The number of hydrogen-bond donors (Lipinski definition) is 1. The summed E-state index contributed by atoms with van der Waals surface area (Å²) in [7, 11) is 0. The van der Waals surface area contributed by atoms with Gasteiger partial charge in [0.15, 0.2) is 5.96 Å². The Bertz CT molecular complexity index is 552. The van der Waals surface area contributed by atoms with Crippen LogP contribution in [0.5, 0.6) is 0 Å². The van der Waals surface area contributed by atoms with Gasteiger partial charge in [0.05, 0.1) is 0 Å². The Hall–Kier alpha value is -0.820. The summed E-state index contributed by atoms with van der Waals surface area (Å²) in [5, 5.41) is 3.50. The molecule has 0 saturated carbocycles. The SMILES string of the molecule is CCNC(=NCCc1ccc(C)cc1)N1CCC(CN2CCCC2)C1.I. The fraction of sp³-hybridized carbons (Fsp3) is 0.667. The Morgan fingerprint density at radius 3 is 2.58 bits per heavy atom. The number of nitrogens with one attached hydrogen (secondary N) is 1. The molecule has 2 aliphatic heterocycles. The zero-order valence-electron chi connectivity index (χ0n) is 16.4. The summed E-state index contributed by atoms with van der Waals surface area (Å²) < 4.78 is 0. The normalized spacial score (nSPS) is 21.1. The van der Waals surface area contributed by atoms with Crippen molar-refractivity contribution in [2.24, 2.45) is 10.9 Å². The first-order chi connectivity index (χ1) is 12.2. The molecule has 0 aliphatic carbocycles. The summed E-state index contributed by atoms with van der Waals surface area (Å²) in [4.78, 5) is 10.0. The highest BCUT2D eigenvalue weighted by molar-refractivity contribution is 14.0. The number of halogens is 1. The third-order valence-electron chi connectivity index (χ3n) is 5.42. The molecule has 0 radical (unpaired) electrons. The van der Waals surface area contributed by atoms with E-state index in [1.807, 2.05) is 0 Å². The minimum atomic E-state index is 0. The molecule has 1 aromatic carbocycles. The van der Waals surface area contributed by atoms with E-state index in [4.69, 9.17) is 4.99 Å². The summed E-state index contributed by atoms with van der Waals surface area (Å²) in [6.45, 7) is 12.3. The van der Waals surface area contributed by atoms with E-state index in [1.165, 1.54) is 50.0 Å². The molecular weight excluding hydrogens is 435 g/mol. The fourth-order valence-corrected chi connectivity index (χ4v) is 3.98. The number of likely N-dealkylation sites (tertiary alicyclic amines) is 2. The van der Waals surface area contributed by atoms with Crippen molar-refractivity contribution in [2.75, 3.05) is 45.8 Å². The molecule has 1 N–H and O–H groups in total. The van der Waals surface area contributed by atoms with Gasteiger partial charge in [0, 0.05) is 32.7 Å². The van der Waals surface area contributed by atoms with E-state index >= 15 is 0 Å². The standard InChI is InChI=1S/C21H34N4.HI/c1-3-22-21(23-12-10-19-8-6-18(2)7-9-19)25-15-11-20(17-25)16-24-13-4-5-14-24;/h6-9,20H,3-5,10-17H2,1-2H3,(H,22,23);1H. The predicted octanol–water partition coefficient (Wildman–Crippen LogP) is 3.54. The summed E-state index contributed by atoms with van der Waals surface area (Å²) in [6.07, 6.45) is 5.10. The van der Waals surface area contributed by atoms with Crippen molar-refractivity contribution in [3.05, 3.63) is 35.4 Å². The lowest BCUT2D eigenvalue weighted by Gasteiger charge is -2.23. The first-order valence-electron chi connectivity index (χ1n) is 10.1. The third kappa shape index (κ3) is 6.41. The lowest BCUT2D eigenvalue weighted by atomic mass is 10.1. The van der Waals surface area contributed by atoms with Crippen LogP contribution in [-0.4, -0.2) is 61.6 Å². The van der Waals surface area contributed by atoms with Crippen LogP contribution in [0, 0.1) is 12.8 Å². The van der Waals surface area contributed by atoms with Gasteiger partial charge >= 0.3 is 0 Å². The van der Waals surface area contributed by atoms with Crippen molar-refractivity contribution < 1.29 is 0 Å². The number of benzene rings is 1. The van der Waals surface area contributed by atoms with Gasteiger partial charge in [-0.25, -0.2) is 0 Å². The molecule has 1 aromatic rings. The number of rotatable bonds is 6. The summed E-state index contributed by atoms with van der Waals surface area (Å²) in [5.41, 5.74) is 2.69. The van der Waals surface area contributed by atoms with Crippen molar-refractivity contribution >= 4 is 29.9 Å². The molecule has 146 valence electrons. The van der Waals surface area contributed by atoms with Gasteiger partial charge in [0.1, 0.15) is 0 Å². The maximum absolute atomic E-state index is 4.90. The van der Waals surface area contributed by atoms with E-state index in [0.29, 0.717) is 0 Å². The van der Waals surface area contributed by atoms with Gasteiger partial charge in [-0.2, -0.15) is 0 Å². The average Bonchev–Trinajstić information content (AvgIpc) is 3.28. The largest absolute Gasteiger partial charge is 0.357 e. The quantitative estimate of drug-likeness (QED) is 0.392. The van der Waals surface area contributed by atoms with Gasteiger partial charge < -0.3 is 15.1 Å². The molecule has 2 fully saturated rings. The van der Waals surface area contributed by atoms with Crippen molar-refractivity contribution in [3.63, 3.8) is 0 Å². The molecule has 5 heteroatoms. The van der Waals surface area contributed by atoms with E-state index < -0.39 is 0 Å². The van der Waals surface area contributed by atoms with Gasteiger partial charge in [-0.05, 0) is 64.1 Å². The van der Waals surface area contributed by atoms with Crippen LogP contribution in [0.1, 0.15) is 37.3 Å². The number of aliphatic imine (C=N–C) groups is 1. The molecule has 26 heavy (non-hydrogen) atoms. The number of aryl methyl sites for hydroxylation is 1. The monoisotopic (exact) mass is 470 g/mol. The Kier molecular flexibility index (Phi) is 9.19. The zero-order valence-corrected chi connectivity index (χ0v) is 18.7. The Morgan fingerprint density at radius 2 is 1.88 bits per heavy atom. The highest BCUT2D eigenvalue weighted by Crippen LogP contribution is 2.20. The fourth-order valence-electron chi connectivity index (χ4n) is 3.98. The molecule has 2 saturated heterocycles. The van der Waals surface area contributed by atoms with Crippen molar-refractivity contribution in [2.45, 2.75) is 39.5 Å². The van der Waals surface area contributed by atoms with Crippen molar-refractivity contribution in [3.8, 4) is 0 Å². The minimum Gasteiger partial charge on any atom is -0.357 e. The summed E-state index contributed by atoms with van der Waals surface area (Å²) >= 11 is 0. The molecule has 3 rings (SSSR count). The zero-order chi connectivity index (χ0) is 17.5. The molecule has 1 atom stereocenters. The Labute approximate surface area is 176 Å². The summed E-state index contributed by atoms with van der Waals surface area (Å²) in [6, 6.07) is 8.82. The Balaban J connectivity index is 0.00000243. The lowest BCUT2D eigenvalue weighted by Crippen LogP contribution is -2.41. The van der Waals surface area contributed by atoms with E-state index in [9.17, 15) is 0 Å². The minimum absolute atomic E-state index is 0. The van der Waals surface area contributed by atoms with E-state index in [1.54, 1.807) is 0 Å². The van der Waals surface area contributed by atoms with Crippen LogP contribution in [0.4, 0.5) is 0 Å². The summed E-state index contributed by atoms with van der Waals surface area (Å²) in [5.74, 6) is 1.91. The average molecular weight is 470 g/mol. The van der Waals surface area contributed by atoms with Gasteiger partial charge in [0.25, 0.3) is 0 Å². The maximum Gasteiger partial charge on any atom is 0.193 e. The molecule has 2 aliphatic rings. The number of guanidine groups is 1. The number of nitrogens with zero attached hydrogens (tertiary/aromatic N) is 3. The van der Waals surface area contributed by atoms with Crippen LogP contribution in [0.3, 0.4) is 0 Å². The third-order valence-corrected chi connectivity index (χ3v) is 5.42. The molecule has 0 bridgehead atoms. The highest BCUT2D eigenvalue weighted by atomic mass is 127. The van der Waals surface area contributed by atoms with E-state index in [2.05, 4.69) is 53.2 Å². The van der Waals surface area contributed by atoms with Crippen molar-refractivity contribution in [1.29, 1.82) is 0 Å². The van der Waals surface area contributed by atoms with Gasteiger partial charge in [-0.3, -0.25) is 4.99 Å². The van der Waals surface area contributed by atoms with Gasteiger partial charge in [-0.1, -0.05) is 29.8 Å². The van der Waals surface area contributed by atoms with Crippen LogP contribution in [0.15, 0.2) is 29.3 Å². The second-order valence-corrected chi connectivity index (χ2v) is 7.58. The molecule has 4 nitrogen and oxygen atoms in total. The highest BCUT2D eigenvalue weighted by Gasteiger charge is 2.27. The van der Waals surface area contributed by atoms with Crippen LogP contribution >= 0.6 is 24.0 Å². The topological polar surface area (TPSA) is 30.9 Å². The molecule has 0 spiro atoms. The lowest BCUT2D eigenvalue weighted by molar-refractivity contribution is 0.281. The van der Waals surface area contributed by atoms with Gasteiger partial charge in [-0.15, -0.1) is 24.0 Å². The van der Waals surface area contributed by atoms with Crippen LogP contribution in [0.25, 0.3) is 0 Å². The maximum atomic E-state index is 4.90. The van der Waals surface area contributed by atoms with Crippen molar-refractivity contribution in [1.82, 2.24) is 15.1 Å². The van der Waals surface area contributed by atoms with Crippen LogP contribution in [0.2, 0.25) is 0 Å². The second-order valence-electron chi connectivity index (χ2n) is 7.58. The molecule has 1 unspecified atom stereocenters. The van der Waals surface area contributed by atoms with E-state index in [0.717, 1.165) is 44.5 Å². The molecular formula is C21H35IN4.